The van der Waals surface area contributed by atoms with E-state index in [1.165, 1.54) is 0 Å². The van der Waals surface area contributed by atoms with Crippen molar-refractivity contribution in [1.29, 1.82) is 0 Å². The summed E-state index contributed by atoms with van der Waals surface area (Å²) in [6.07, 6.45) is 0.553. The molecule has 0 amide bonds. The van der Waals surface area contributed by atoms with Crippen molar-refractivity contribution in [2.45, 2.75) is 13.3 Å². The summed E-state index contributed by atoms with van der Waals surface area (Å²) in [5.41, 5.74) is 8.15. The van der Waals surface area contributed by atoms with Crippen LogP contribution in [0.4, 0.5) is 5.69 Å². The molecular weight excluding hydrogens is 262 g/mol. The number of aliphatic hydroxyl groups excluding tert-OH is 1. The first-order valence-electron chi connectivity index (χ1n) is 6.04. The highest BCUT2D eigenvalue weighted by Crippen LogP contribution is 2.33. The van der Waals surface area contributed by atoms with Crippen LogP contribution in [0.5, 0.6) is 11.5 Å². The minimum absolute atomic E-state index is 0.0852. The molecule has 0 aromatic heterocycles. The molecule has 2 aromatic carbocycles. The summed E-state index contributed by atoms with van der Waals surface area (Å²) < 4.78 is 5.88. The van der Waals surface area contributed by atoms with Gasteiger partial charge in [-0.25, -0.2) is 0 Å². The summed E-state index contributed by atoms with van der Waals surface area (Å²) >= 11 is 6.01. The van der Waals surface area contributed by atoms with Crippen LogP contribution in [0.1, 0.15) is 11.1 Å². The van der Waals surface area contributed by atoms with Crippen LogP contribution in [0.25, 0.3) is 0 Å². The molecule has 0 aliphatic heterocycles. The van der Waals surface area contributed by atoms with Gasteiger partial charge in [-0.05, 0) is 36.6 Å². The zero-order valence-corrected chi connectivity index (χ0v) is 11.4. The molecule has 0 atom stereocenters. The van der Waals surface area contributed by atoms with Crippen LogP contribution >= 0.6 is 11.6 Å². The lowest BCUT2D eigenvalue weighted by molar-refractivity contribution is 0.298. The number of ether oxygens (including phenoxy) is 1. The molecule has 0 aliphatic carbocycles. The average molecular weight is 278 g/mol. The molecule has 0 aliphatic rings. The van der Waals surface area contributed by atoms with E-state index in [1.807, 2.05) is 31.2 Å². The first-order chi connectivity index (χ1) is 9.11. The van der Waals surface area contributed by atoms with Gasteiger partial charge in [0.15, 0.2) is 0 Å². The highest BCUT2D eigenvalue weighted by atomic mass is 35.5. The van der Waals surface area contributed by atoms with Crippen molar-refractivity contribution in [3.63, 3.8) is 0 Å². The summed E-state index contributed by atoms with van der Waals surface area (Å²) in [5.74, 6) is 1.39. The van der Waals surface area contributed by atoms with Crippen molar-refractivity contribution in [3.05, 3.63) is 52.5 Å². The van der Waals surface area contributed by atoms with Crippen LogP contribution in [-0.4, -0.2) is 11.7 Å². The fourth-order valence-electron chi connectivity index (χ4n) is 1.84. The Hall–Kier alpha value is -1.71. The zero-order chi connectivity index (χ0) is 13.8. The summed E-state index contributed by atoms with van der Waals surface area (Å²) in [5, 5.41) is 9.52. The number of hydrogen-bond acceptors (Lipinski definition) is 3. The minimum Gasteiger partial charge on any atom is -0.457 e. The average Bonchev–Trinajstić information content (AvgIpc) is 2.38. The number of nitrogens with two attached hydrogens (primary N) is 1. The second kappa shape index (κ2) is 5.95. The molecule has 3 nitrogen and oxygen atoms in total. The molecule has 0 unspecified atom stereocenters. The van der Waals surface area contributed by atoms with E-state index in [4.69, 9.17) is 27.2 Å². The molecule has 0 saturated heterocycles. The van der Waals surface area contributed by atoms with E-state index in [9.17, 15) is 0 Å². The number of hydrogen-bond donors (Lipinski definition) is 2. The largest absolute Gasteiger partial charge is 0.457 e. The standard InChI is InChI=1S/C15H16ClNO2/c1-10-8-13(17)12(16)9-15(10)19-14-5-3-2-4-11(14)6-7-18/h2-5,8-9,18H,6-7,17H2,1H3. The maximum absolute atomic E-state index is 9.05. The number of benzene rings is 2. The second-order valence-electron chi connectivity index (χ2n) is 4.32. The number of nitrogen functional groups attached to an aromatic ring is 1. The van der Waals surface area contributed by atoms with Gasteiger partial charge in [-0.3, -0.25) is 0 Å². The SMILES string of the molecule is Cc1cc(N)c(Cl)cc1Oc1ccccc1CCO. The molecule has 2 aromatic rings. The van der Waals surface area contributed by atoms with Crippen molar-refractivity contribution >= 4 is 17.3 Å². The van der Waals surface area contributed by atoms with Crippen molar-refractivity contribution < 1.29 is 9.84 Å². The van der Waals surface area contributed by atoms with Gasteiger partial charge in [-0.15, -0.1) is 0 Å². The van der Waals surface area contributed by atoms with E-state index in [1.54, 1.807) is 12.1 Å². The van der Waals surface area contributed by atoms with E-state index >= 15 is 0 Å². The molecular formula is C15H16ClNO2. The highest BCUT2D eigenvalue weighted by molar-refractivity contribution is 6.33. The Morgan fingerprint density at radius 2 is 1.95 bits per heavy atom. The van der Waals surface area contributed by atoms with Gasteiger partial charge >= 0.3 is 0 Å². The summed E-state index contributed by atoms with van der Waals surface area (Å²) in [7, 11) is 0. The van der Waals surface area contributed by atoms with Gasteiger partial charge in [-0.2, -0.15) is 0 Å². The molecule has 19 heavy (non-hydrogen) atoms. The number of anilines is 1. The Morgan fingerprint density at radius 3 is 2.68 bits per heavy atom. The Bertz CT molecular complexity index is 584. The zero-order valence-electron chi connectivity index (χ0n) is 10.7. The van der Waals surface area contributed by atoms with E-state index in [-0.39, 0.29) is 6.61 Å². The molecule has 100 valence electrons. The fraction of sp³-hybridized carbons (Fsp3) is 0.200. The van der Waals surface area contributed by atoms with Gasteiger partial charge in [0.05, 0.1) is 10.7 Å². The Balaban J connectivity index is 2.33. The van der Waals surface area contributed by atoms with Gasteiger partial charge in [0.25, 0.3) is 0 Å². The monoisotopic (exact) mass is 277 g/mol. The Kier molecular flexibility index (Phi) is 4.30. The van der Waals surface area contributed by atoms with Gasteiger partial charge in [-0.1, -0.05) is 29.8 Å². The van der Waals surface area contributed by atoms with E-state index in [2.05, 4.69) is 0 Å². The lowest BCUT2D eigenvalue weighted by atomic mass is 10.1. The first-order valence-corrected chi connectivity index (χ1v) is 6.42. The quantitative estimate of drug-likeness (QED) is 0.840. The van der Waals surface area contributed by atoms with Crippen LogP contribution in [0.2, 0.25) is 5.02 Å². The van der Waals surface area contributed by atoms with Crippen molar-refractivity contribution in [2.24, 2.45) is 0 Å². The molecule has 0 fully saturated rings. The van der Waals surface area contributed by atoms with Gasteiger partial charge in [0.2, 0.25) is 0 Å². The molecule has 3 N–H and O–H groups in total. The summed E-state index contributed by atoms with van der Waals surface area (Å²) in [6.45, 7) is 2.00. The third-order valence-corrected chi connectivity index (χ3v) is 3.20. The van der Waals surface area contributed by atoms with Gasteiger partial charge in [0.1, 0.15) is 11.5 Å². The molecule has 0 radical (unpaired) electrons. The number of para-hydroxylation sites is 1. The number of aliphatic hydroxyl groups is 1. The molecule has 0 heterocycles. The summed E-state index contributed by atoms with van der Waals surface area (Å²) in [4.78, 5) is 0. The summed E-state index contributed by atoms with van der Waals surface area (Å²) in [6, 6.07) is 11.1. The smallest absolute Gasteiger partial charge is 0.131 e. The van der Waals surface area contributed by atoms with Crippen molar-refractivity contribution in [1.82, 2.24) is 0 Å². The predicted molar refractivity (Wildman–Crippen MR) is 77.9 cm³/mol. The van der Waals surface area contributed by atoms with Gasteiger partial charge in [0, 0.05) is 12.7 Å². The van der Waals surface area contributed by atoms with Crippen molar-refractivity contribution in [2.75, 3.05) is 12.3 Å². The van der Waals surface area contributed by atoms with Crippen LogP contribution in [0, 0.1) is 6.92 Å². The fourth-order valence-corrected chi connectivity index (χ4v) is 2.00. The minimum atomic E-state index is 0.0852. The number of halogens is 1. The second-order valence-corrected chi connectivity index (χ2v) is 4.73. The van der Waals surface area contributed by atoms with Crippen LogP contribution in [0.15, 0.2) is 36.4 Å². The Morgan fingerprint density at radius 1 is 1.21 bits per heavy atom. The first kappa shape index (κ1) is 13.7. The molecule has 0 saturated carbocycles. The third-order valence-electron chi connectivity index (χ3n) is 2.87. The van der Waals surface area contributed by atoms with E-state index < -0.39 is 0 Å². The van der Waals surface area contributed by atoms with E-state index in [0.29, 0.717) is 22.9 Å². The topological polar surface area (TPSA) is 55.5 Å². The number of rotatable bonds is 4. The molecule has 2 rings (SSSR count). The normalized spacial score (nSPS) is 10.5. The lowest BCUT2D eigenvalue weighted by Crippen LogP contribution is -1.97. The maximum Gasteiger partial charge on any atom is 0.131 e. The van der Waals surface area contributed by atoms with Gasteiger partial charge < -0.3 is 15.6 Å². The lowest BCUT2D eigenvalue weighted by Gasteiger charge is -2.13. The molecule has 0 bridgehead atoms. The van der Waals surface area contributed by atoms with E-state index in [0.717, 1.165) is 16.9 Å². The number of aryl methyl sites for hydroxylation is 1. The maximum atomic E-state index is 9.05. The molecule has 0 spiro atoms. The Labute approximate surface area is 117 Å². The molecule has 4 heteroatoms. The third kappa shape index (κ3) is 3.19. The van der Waals surface area contributed by atoms with Crippen LogP contribution in [0.3, 0.4) is 0 Å². The van der Waals surface area contributed by atoms with Crippen LogP contribution < -0.4 is 10.5 Å². The predicted octanol–water partition coefficient (Wildman–Crippen LogP) is 3.56. The van der Waals surface area contributed by atoms with Crippen molar-refractivity contribution in [3.8, 4) is 11.5 Å². The van der Waals surface area contributed by atoms with Crippen LogP contribution in [-0.2, 0) is 6.42 Å². The highest BCUT2D eigenvalue weighted by Gasteiger charge is 2.08.